The molecule has 2 heterocycles. The predicted octanol–water partition coefficient (Wildman–Crippen LogP) is 4.19. The second-order valence-corrected chi connectivity index (χ2v) is 6.38. The van der Waals surface area contributed by atoms with Crippen molar-refractivity contribution in [2.24, 2.45) is 0 Å². The Morgan fingerprint density at radius 3 is 2.80 bits per heavy atom. The number of urea groups is 1. The van der Waals surface area contributed by atoms with Gasteiger partial charge in [0.25, 0.3) is 0 Å². The van der Waals surface area contributed by atoms with Crippen molar-refractivity contribution >= 4 is 29.1 Å². The fourth-order valence-electron chi connectivity index (χ4n) is 2.88. The minimum Gasteiger partial charge on any atom is -0.356 e. The molecule has 0 radical (unpaired) electrons. The summed E-state index contributed by atoms with van der Waals surface area (Å²) in [7, 11) is 0. The third-order valence-electron chi connectivity index (χ3n) is 4.14. The lowest BCUT2D eigenvalue weighted by molar-refractivity contribution is 0.251. The van der Waals surface area contributed by atoms with E-state index >= 15 is 0 Å². The van der Waals surface area contributed by atoms with Crippen LogP contribution in [0.4, 0.5) is 20.7 Å². The van der Waals surface area contributed by atoms with Gasteiger partial charge in [0.2, 0.25) is 0 Å². The number of carbonyl (C=O) groups excluding carboxylic acids is 1. The van der Waals surface area contributed by atoms with Crippen molar-refractivity contribution in [3.63, 3.8) is 0 Å². The number of nitrogens with one attached hydrogen (secondary N) is 2. The monoisotopic (exact) mass is 362 g/mol. The quantitative estimate of drug-likeness (QED) is 0.857. The Kier molecular flexibility index (Phi) is 5.71. The van der Waals surface area contributed by atoms with E-state index in [-0.39, 0.29) is 11.1 Å². The van der Waals surface area contributed by atoms with Crippen LogP contribution >= 0.6 is 11.6 Å². The number of halogens is 2. The molecule has 25 heavy (non-hydrogen) atoms. The first-order valence-electron chi connectivity index (χ1n) is 8.32. The van der Waals surface area contributed by atoms with Gasteiger partial charge in [0.05, 0.1) is 5.02 Å². The summed E-state index contributed by atoms with van der Waals surface area (Å²) in [4.78, 5) is 18.8. The lowest BCUT2D eigenvalue weighted by Gasteiger charge is -2.29. The zero-order chi connectivity index (χ0) is 17.6. The lowest BCUT2D eigenvalue weighted by Crippen LogP contribution is -2.33. The largest absolute Gasteiger partial charge is 0.356 e. The molecule has 0 aliphatic carbocycles. The molecule has 2 aromatic rings. The second-order valence-electron chi connectivity index (χ2n) is 5.97. The van der Waals surface area contributed by atoms with Crippen LogP contribution in [0.5, 0.6) is 0 Å². The van der Waals surface area contributed by atoms with Crippen molar-refractivity contribution in [2.45, 2.75) is 25.8 Å². The third kappa shape index (κ3) is 4.60. The number of hydrogen-bond acceptors (Lipinski definition) is 3. The summed E-state index contributed by atoms with van der Waals surface area (Å²) in [6, 6.07) is 7.50. The van der Waals surface area contributed by atoms with Gasteiger partial charge in [0.1, 0.15) is 11.6 Å². The Hall–Kier alpha value is -2.34. The number of rotatable bonds is 4. The Morgan fingerprint density at radius 1 is 1.24 bits per heavy atom. The maximum atomic E-state index is 13.2. The van der Waals surface area contributed by atoms with Crippen molar-refractivity contribution in [2.75, 3.05) is 23.3 Å². The van der Waals surface area contributed by atoms with Gasteiger partial charge in [0, 0.05) is 37.1 Å². The number of anilines is 2. The van der Waals surface area contributed by atoms with Crippen LogP contribution in [0.25, 0.3) is 0 Å². The highest BCUT2D eigenvalue weighted by Crippen LogP contribution is 2.22. The molecule has 0 unspecified atom stereocenters. The molecular weight excluding hydrogens is 343 g/mol. The first-order valence-corrected chi connectivity index (χ1v) is 8.70. The molecule has 1 aromatic carbocycles. The second kappa shape index (κ2) is 8.16. The third-order valence-corrected chi connectivity index (χ3v) is 4.43. The number of hydrogen-bond donors (Lipinski definition) is 2. The fourth-order valence-corrected chi connectivity index (χ4v) is 3.06. The lowest BCUT2D eigenvalue weighted by atomic mass is 10.1. The summed E-state index contributed by atoms with van der Waals surface area (Å²) in [5, 5.41) is 5.42. The molecule has 1 aliphatic heterocycles. The molecular formula is C18H20ClFN4O. The Bertz CT molecular complexity index is 750. The van der Waals surface area contributed by atoms with Crippen LogP contribution in [0.1, 0.15) is 24.8 Å². The van der Waals surface area contributed by atoms with Crippen molar-refractivity contribution < 1.29 is 9.18 Å². The molecule has 3 rings (SSSR count). The van der Waals surface area contributed by atoms with Crippen molar-refractivity contribution in [3.8, 4) is 0 Å². The average molecular weight is 363 g/mol. The molecule has 1 fully saturated rings. The number of pyridine rings is 1. The van der Waals surface area contributed by atoms with Crippen molar-refractivity contribution in [1.82, 2.24) is 10.3 Å². The van der Waals surface area contributed by atoms with E-state index in [4.69, 9.17) is 11.6 Å². The van der Waals surface area contributed by atoms with Crippen LogP contribution in [0.2, 0.25) is 5.02 Å². The maximum Gasteiger partial charge on any atom is 0.319 e. The number of carbonyl (C=O) groups is 1. The molecule has 1 saturated heterocycles. The van der Waals surface area contributed by atoms with E-state index in [0.717, 1.165) is 37.3 Å². The molecule has 1 aliphatic rings. The normalized spacial score (nSPS) is 14.2. The number of amides is 2. The molecule has 0 bridgehead atoms. The molecule has 0 spiro atoms. The predicted molar refractivity (Wildman–Crippen MR) is 97.6 cm³/mol. The van der Waals surface area contributed by atoms with Crippen LogP contribution in [0, 0.1) is 5.82 Å². The van der Waals surface area contributed by atoms with Gasteiger partial charge in [-0.25, -0.2) is 14.2 Å². The summed E-state index contributed by atoms with van der Waals surface area (Å²) >= 11 is 5.72. The molecule has 1 aromatic heterocycles. The summed E-state index contributed by atoms with van der Waals surface area (Å²) in [5.74, 6) is 0.404. The van der Waals surface area contributed by atoms with Gasteiger partial charge in [-0.1, -0.05) is 17.7 Å². The van der Waals surface area contributed by atoms with Gasteiger partial charge < -0.3 is 15.5 Å². The molecule has 2 N–H and O–H groups in total. The Balaban J connectivity index is 1.61. The van der Waals surface area contributed by atoms with E-state index < -0.39 is 5.82 Å². The van der Waals surface area contributed by atoms with Gasteiger partial charge >= 0.3 is 6.03 Å². The highest BCUT2D eigenvalue weighted by atomic mass is 35.5. The SMILES string of the molecule is O=C(NCc1cccnc1N1CCCCC1)Nc1ccc(F)c(Cl)c1. The Labute approximate surface area is 151 Å². The van der Waals surface area contributed by atoms with E-state index in [1.54, 1.807) is 6.20 Å². The smallest absolute Gasteiger partial charge is 0.319 e. The molecule has 5 nitrogen and oxygen atoms in total. The first-order chi connectivity index (χ1) is 12.1. The number of piperidine rings is 1. The fraction of sp³-hybridized carbons (Fsp3) is 0.333. The number of benzene rings is 1. The van der Waals surface area contributed by atoms with Crippen LogP contribution < -0.4 is 15.5 Å². The molecule has 0 saturated carbocycles. The van der Waals surface area contributed by atoms with E-state index in [9.17, 15) is 9.18 Å². The topological polar surface area (TPSA) is 57.3 Å². The summed E-state index contributed by atoms with van der Waals surface area (Å²) in [5.41, 5.74) is 1.41. The number of nitrogens with zero attached hydrogens (tertiary/aromatic N) is 2. The van der Waals surface area contributed by atoms with Crippen molar-refractivity contribution in [1.29, 1.82) is 0 Å². The van der Waals surface area contributed by atoms with Gasteiger partial charge in [0.15, 0.2) is 0 Å². The Morgan fingerprint density at radius 2 is 2.04 bits per heavy atom. The zero-order valence-electron chi connectivity index (χ0n) is 13.8. The minimum atomic E-state index is -0.519. The van der Waals surface area contributed by atoms with E-state index in [1.165, 1.54) is 24.6 Å². The first kappa shape index (κ1) is 17.5. The minimum absolute atomic E-state index is 0.0301. The van der Waals surface area contributed by atoms with E-state index in [0.29, 0.717) is 12.2 Å². The van der Waals surface area contributed by atoms with Gasteiger partial charge in [-0.05, 0) is 43.5 Å². The van der Waals surface area contributed by atoms with Crippen LogP contribution in [-0.2, 0) is 6.54 Å². The van der Waals surface area contributed by atoms with Gasteiger partial charge in [-0.15, -0.1) is 0 Å². The molecule has 7 heteroatoms. The van der Waals surface area contributed by atoms with Gasteiger partial charge in [-0.3, -0.25) is 0 Å². The van der Waals surface area contributed by atoms with Gasteiger partial charge in [-0.2, -0.15) is 0 Å². The standard InChI is InChI=1S/C18H20ClFN4O/c19-15-11-14(6-7-16(15)20)23-18(25)22-12-13-5-4-8-21-17(13)24-9-2-1-3-10-24/h4-8,11H,1-3,9-10,12H2,(H2,22,23,25). The van der Waals surface area contributed by atoms with E-state index in [1.807, 2.05) is 12.1 Å². The molecule has 132 valence electrons. The van der Waals surface area contributed by atoms with Crippen molar-refractivity contribution in [3.05, 3.63) is 52.9 Å². The summed E-state index contributed by atoms with van der Waals surface area (Å²) in [6.07, 6.45) is 5.35. The van der Waals surface area contributed by atoms with Crippen LogP contribution in [0.3, 0.4) is 0 Å². The molecule has 2 amide bonds. The zero-order valence-corrected chi connectivity index (χ0v) is 14.5. The molecule has 0 atom stereocenters. The summed E-state index contributed by atoms with van der Waals surface area (Å²) < 4.78 is 13.2. The highest BCUT2D eigenvalue weighted by molar-refractivity contribution is 6.31. The highest BCUT2D eigenvalue weighted by Gasteiger charge is 2.15. The summed E-state index contributed by atoms with van der Waals surface area (Å²) in [6.45, 7) is 2.34. The average Bonchev–Trinajstić information content (AvgIpc) is 2.64. The van der Waals surface area contributed by atoms with E-state index in [2.05, 4.69) is 20.5 Å². The van der Waals surface area contributed by atoms with Crippen LogP contribution in [-0.4, -0.2) is 24.1 Å². The number of aromatic nitrogens is 1. The maximum absolute atomic E-state index is 13.2. The van der Waals surface area contributed by atoms with Crippen LogP contribution in [0.15, 0.2) is 36.5 Å².